The van der Waals surface area contributed by atoms with Crippen molar-refractivity contribution < 1.29 is 9.90 Å². The Morgan fingerprint density at radius 2 is 1.68 bits per heavy atom. The third-order valence-electron chi connectivity index (χ3n) is 4.83. The van der Waals surface area contributed by atoms with Gasteiger partial charge in [-0.25, -0.2) is 0 Å². The predicted molar refractivity (Wildman–Crippen MR) is 101 cm³/mol. The molecule has 3 heteroatoms. The maximum Gasteiger partial charge on any atom is 0.162 e. The zero-order chi connectivity index (χ0) is 17.4. The molecule has 1 N–H and O–H groups in total. The lowest BCUT2D eigenvalue weighted by Gasteiger charge is -2.35. The van der Waals surface area contributed by atoms with Gasteiger partial charge in [-0.05, 0) is 35.4 Å². The van der Waals surface area contributed by atoms with Gasteiger partial charge < -0.3 is 10.0 Å². The third kappa shape index (κ3) is 2.68. The number of hydrogen-bond donors (Lipinski definition) is 1. The molecule has 124 valence electrons. The topological polar surface area (TPSA) is 40.5 Å². The number of phenolic OH excluding ortho intramolecular Hbond substituents is 1. The van der Waals surface area contributed by atoms with Crippen molar-refractivity contribution in [3.63, 3.8) is 0 Å². The van der Waals surface area contributed by atoms with Gasteiger partial charge in [0.05, 0.1) is 11.7 Å². The first-order valence-corrected chi connectivity index (χ1v) is 8.41. The Morgan fingerprint density at radius 1 is 0.960 bits per heavy atom. The molecule has 0 fully saturated rings. The number of phenols is 1. The number of fused-ring (bicyclic) bond motifs is 1. The van der Waals surface area contributed by atoms with Gasteiger partial charge in [-0.2, -0.15) is 0 Å². The van der Waals surface area contributed by atoms with Crippen LogP contribution in [0.25, 0.3) is 10.8 Å². The second kappa shape index (κ2) is 6.10. The average molecular weight is 329 g/mol. The summed E-state index contributed by atoms with van der Waals surface area (Å²) in [5.41, 5.74) is 2.52. The first kappa shape index (κ1) is 15.5. The van der Waals surface area contributed by atoms with E-state index in [2.05, 4.69) is 24.3 Å². The van der Waals surface area contributed by atoms with Gasteiger partial charge in [-0.1, -0.05) is 54.6 Å². The second-order valence-electron chi connectivity index (χ2n) is 6.42. The van der Waals surface area contributed by atoms with Crippen molar-refractivity contribution in [1.82, 2.24) is 0 Å². The van der Waals surface area contributed by atoms with E-state index >= 15 is 0 Å². The van der Waals surface area contributed by atoms with E-state index in [1.165, 1.54) is 0 Å². The standard InChI is InChI=1S/C22H19NO2/c1-15-14-23(19-11-4-5-12-21(19)24)20(13-22(15)25)18-10-6-8-16-7-2-3-9-17(16)18/h2-12,14,20,24H,13H2,1H3. The second-order valence-corrected chi connectivity index (χ2v) is 6.42. The number of Topliss-reactive ketones (excluding diaryl/α,β-unsaturated/α-hetero) is 1. The van der Waals surface area contributed by atoms with Crippen molar-refractivity contribution in [3.8, 4) is 5.75 Å². The summed E-state index contributed by atoms with van der Waals surface area (Å²) in [5.74, 6) is 0.357. The normalized spacial score (nSPS) is 17.6. The van der Waals surface area contributed by atoms with Crippen molar-refractivity contribution in [3.05, 3.63) is 84.1 Å². The maximum atomic E-state index is 12.4. The fourth-order valence-corrected chi connectivity index (χ4v) is 3.53. The summed E-state index contributed by atoms with van der Waals surface area (Å²) in [6.45, 7) is 1.83. The van der Waals surface area contributed by atoms with E-state index in [1.54, 1.807) is 12.1 Å². The predicted octanol–water partition coefficient (Wildman–Crippen LogP) is 4.97. The number of anilines is 1. The number of allylic oxidation sites excluding steroid dienone is 1. The van der Waals surface area contributed by atoms with E-state index in [9.17, 15) is 9.90 Å². The lowest BCUT2D eigenvalue weighted by molar-refractivity contribution is -0.116. The fourth-order valence-electron chi connectivity index (χ4n) is 3.53. The minimum atomic E-state index is -0.143. The summed E-state index contributed by atoms with van der Waals surface area (Å²) in [5, 5.41) is 12.6. The van der Waals surface area contributed by atoms with Crippen molar-refractivity contribution in [1.29, 1.82) is 0 Å². The van der Waals surface area contributed by atoms with Crippen LogP contribution in [0.3, 0.4) is 0 Å². The average Bonchev–Trinajstić information content (AvgIpc) is 2.64. The minimum absolute atomic E-state index is 0.143. The number of ketones is 1. The van der Waals surface area contributed by atoms with E-state index in [-0.39, 0.29) is 17.6 Å². The first-order chi connectivity index (χ1) is 12.1. The summed E-state index contributed by atoms with van der Waals surface area (Å²) in [6.07, 6.45) is 2.25. The number of carbonyl (C=O) groups is 1. The Kier molecular flexibility index (Phi) is 3.77. The lowest BCUT2D eigenvalue weighted by atomic mass is 9.90. The number of nitrogens with zero attached hydrogens (tertiary/aromatic N) is 1. The van der Waals surface area contributed by atoms with Gasteiger partial charge in [-0.15, -0.1) is 0 Å². The Morgan fingerprint density at radius 3 is 2.52 bits per heavy atom. The molecule has 0 aliphatic carbocycles. The molecule has 1 aliphatic rings. The number of benzene rings is 3. The largest absolute Gasteiger partial charge is 0.506 e. The molecule has 0 saturated carbocycles. The summed E-state index contributed by atoms with van der Waals surface area (Å²) < 4.78 is 0. The van der Waals surface area contributed by atoms with Crippen LogP contribution < -0.4 is 4.90 Å². The van der Waals surface area contributed by atoms with Crippen molar-refractivity contribution >= 4 is 22.2 Å². The SMILES string of the molecule is CC1=CN(c2ccccc2O)C(c2cccc3ccccc23)CC1=O. The van der Waals surface area contributed by atoms with Gasteiger partial charge in [0.1, 0.15) is 5.75 Å². The molecular formula is C22H19NO2. The molecule has 1 aliphatic heterocycles. The van der Waals surface area contributed by atoms with Gasteiger partial charge in [0.2, 0.25) is 0 Å². The van der Waals surface area contributed by atoms with Gasteiger partial charge in [0.15, 0.2) is 5.78 Å². The van der Waals surface area contributed by atoms with Crippen LogP contribution in [0.4, 0.5) is 5.69 Å². The molecule has 1 unspecified atom stereocenters. The van der Waals surface area contributed by atoms with Crippen LogP contribution in [0.5, 0.6) is 5.75 Å². The summed E-state index contributed by atoms with van der Waals surface area (Å²) >= 11 is 0. The highest BCUT2D eigenvalue weighted by Crippen LogP contribution is 2.40. The lowest BCUT2D eigenvalue weighted by Crippen LogP contribution is -2.31. The van der Waals surface area contributed by atoms with Gasteiger partial charge in [-0.3, -0.25) is 4.79 Å². The summed E-state index contributed by atoms with van der Waals surface area (Å²) in [7, 11) is 0. The Labute approximate surface area is 146 Å². The van der Waals surface area contributed by atoms with Crippen LogP contribution in [0.15, 0.2) is 78.5 Å². The van der Waals surface area contributed by atoms with Crippen LogP contribution >= 0.6 is 0 Å². The van der Waals surface area contributed by atoms with Gasteiger partial charge in [0, 0.05) is 18.2 Å². The Balaban J connectivity index is 1.91. The first-order valence-electron chi connectivity index (χ1n) is 8.41. The molecule has 0 saturated heterocycles. The molecule has 4 rings (SSSR count). The smallest absolute Gasteiger partial charge is 0.162 e. The van der Waals surface area contributed by atoms with Crippen molar-refractivity contribution in [2.45, 2.75) is 19.4 Å². The number of aromatic hydroxyl groups is 1. The molecule has 0 amide bonds. The molecule has 0 radical (unpaired) electrons. The quantitative estimate of drug-likeness (QED) is 0.721. The van der Waals surface area contributed by atoms with Crippen LogP contribution in [0.2, 0.25) is 0 Å². The van der Waals surface area contributed by atoms with E-state index < -0.39 is 0 Å². The number of carbonyl (C=O) groups excluding carboxylic acids is 1. The highest BCUT2D eigenvalue weighted by atomic mass is 16.3. The molecule has 25 heavy (non-hydrogen) atoms. The van der Waals surface area contributed by atoms with Crippen molar-refractivity contribution in [2.75, 3.05) is 4.90 Å². The minimum Gasteiger partial charge on any atom is -0.506 e. The molecule has 1 atom stereocenters. The fraction of sp³-hybridized carbons (Fsp3) is 0.136. The molecular weight excluding hydrogens is 310 g/mol. The van der Waals surface area contributed by atoms with E-state index in [0.29, 0.717) is 17.7 Å². The van der Waals surface area contributed by atoms with Gasteiger partial charge >= 0.3 is 0 Å². The van der Waals surface area contributed by atoms with Crippen LogP contribution in [-0.2, 0) is 4.79 Å². The zero-order valence-electron chi connectivity index (χ0n) is 14.0. The molecule has 0 bridgehead atoms. The van der Waals surface area contributed by atoms with Crippen LogP contribution in [0.1, 0.15) is 24.9 Å². The molecule has 1 heterocycles. The summed E-state index contributed by atoms with van der Waals surface area (Å²) in [4.78, 5) is 14.4. The third-order valence-corrected chi connectivity index (χ3v) is 4.83. The molecule has 3 aromatic rings. The monoisotopic (exact) mass is 329 g/mol. The van der Waals surface area contributed by atoms with Gasteiger partial charge in [0.25, 0.3) is 0 Å². The molecule has 3 aromatic carbocycles. The van der Waals surface area contributed by atoms with E-state index in [0.717, 1.165) is 16.3 Å². The Hall–Kier alpha value is -3.07. The summed E-state index contributed by atoms with van der Waals surface area (Å²) in [6, 6.07) is 21.5. The highest BCUT2D eigenvalue weighted by Gasteiger charge is 2.30. The van der Waals surface area contributed by atoms with E-state index in [4.69, 9.17) is 0 Å². The highest BCUT2D eigenvalue weighted by molar-refractivity contribution is 5.98. The molecule has 0 spiro atoms. The molecule has 0 aromatic heterocycles. The van der Waals surface area contributed by atoms with Crippen molar-refractivity contribution in [2.24, 2.45) is 0 Å². The number of hydrogen-bond acceptors (Lipinski definition) is 3. The Bertz CT molecular complexity index is 985. The van der Waals surface area contributed by atoms with Crippen LogP contribution in [0, 0.1) is 0 Å². The molecule has 3 nitrogen and oxygen atoms in total. The maximum absolute atomic E-state index is 12.4. The zero-order valence-corrected chi connectivity index (χ0v) is 14.0. The number of rotatable bonds is 2. The van der Waals surface area contributed by atoms with Crippen LogP contribution in [-0.4, -0.2) is 10.9 Å². The van der Waals surface area contributed by atoms with E-state index in [1.807, 2.05) is 48.4 Å². The number of para-hydroxylation sites is 2.